The van der Waals surface area contributed by atoms with E-state index in [4.69, 9.17) is 16.3 Å². The molecule has 4 aromatic rings. The lowest BCUT2D eigenvalue weighted by Crippen LogP contribution is -2.53. The van der Waals surface area contributed by atoms with Crippen molar-refractivity contribution in [1.82, 2.24) is 18.9 Å². The summed E-state index contributed by atoms with van der Waals surface area (Å²) in [5.41, 5.74) is 1.84. The molecule has 7 rings (SSSR count). The van der Waals surface area contributed by atoms with Crippen molar-refractivity contribution >= 4 is 29.1 Å². The molecule has 46 heavy (non-hydrogen) atoms. The van der Waals surface area contributed by atoms with Crippen LogP contribution in [0.4, 0.5) is 10.1 Å². The van der Waals surface area contributed by atoms with Crippen molar-refractivity contribution in [1.29, 1.82) is 0 Å². The van der Waals surface area contributed by atoms with Gasteiger partial charge in [0.15, 0.2) is 11.5 Å². The maximum atomic E-state index is 15.0. The first-order valence-corrected chi connectivity index (χ1v) is 15.2. The van der Waals surface area contributed by atoms with Crippen LogP contribution in [-0.2, 0) is 28.6 Å². The molecule has 1 saturated carbocycles. The van der Waals surface area contributed by atoms with Crippen LogP contribution in [0.1, 0.15) is 36.4 Å². The number of nitrogens with zero attached hydrogens (tertiary/aromatic N) is 4. The van der Waals surface area contributed by atoms with Crippen molar-refractivity contribution in [3.8, 4) is 11.5 Å². The first-order valence-electron chi connectivity index (χ1n) is 14.8. The maximum Gasteiger partial charge on any atom is 0.347 e. The normalized spacial score (nSPS) is 23.4. The molecular formula is C33H29ClFN5O6. The second-order valence-electron chi connectivity index (χ2n) is 11.6. The summed E-state index contributed by atoms with van der Waals surface area (Å²) in [5, 5.41) is 13.1. The van der Waals surface area contributed by atoms with Gasteiger partial charge in [0.1, 0.15) is 5.82 Å². The SMILES string of the molecule is CCOc1cccc([C@H]2C3=CCn4c(=O)n(C)c(=O)n4[C@@H]3C[C@H]3C(=O)N(Nc4ccc(F)cc4)C(=O)[C@@]23c2ccc(Cl)cc2)c1O. The van der Waals surface area contributed by atoms with E-state index < -0.39 is 52.3 Å². The number of halogens is 2. The average Bonchev–Trinajstić information content (AvgIpc) is 3.40. The lowest BCUT2D eigenvalue weighted by Gasteiger charge is -2.49. The van der Waals surface area contributed by atoms with Crippen molar-refractivity contribution in [3.05, 3.63) is 121 Å². The van der Waals surface area contributed by atoms with Gasteiger partial charge in [0, 0.05) is 23.6 Å². The highest BCUT2D eigenvalue weighted by molar-refractivity contribution is 6.30. The van der Waals surface area contributed by atoms with Crippen LogP contribution in [0.2, 0.25) is 5.02 Å². The quantitative estimate of drug-likeness (QED) is 0.241. The fourth-order valence-electron chi connectivity index (χ4n) is 7.41. The summed E-state index contributed by atoms with van der Waals surface area (Å²) < 4.78 is 23.1. The Morgan fingerprint density at radius 2 is 1.74 bits per heavy atom. The molecule has 4 atom stereocenters. The first kappa shape index (κ1) is 29.6. The van der Waals surface area contributed by atoms with Crippen molar-refractivity contribution in [3.63, 3.8) is 0 Å². The molecule has 0 bridgehead atoms. The third kappa shape index (κ3) is 4.09. The van der Waals surface area contributed by atoms with E-state index in [2.05, 4.69) is 5.43 Å². The van der Waals surface area contributed by atoms with Crippen LogP contribution in [-0.4, -0.2) is 42.5 Å². The molecular weight excluding hydrogens is 617 g/mol. The fourth-order valence-corrected chi connectivity index (χ4v) is 7.54. The molecule has 2 fully saturated rings. The van der Waals surface area contributed by atoms with E-state index in [1.807, 2.05) is 0 Å². The minimum Gasteiger partial charge on any atom is -0.504 e. The maximum absolute atomic E-state index is 15.0. The Kier molecular flexibility index (Phi) is 6.93. The number of carbonyl (C=O) groups excluding carboxylic acids is 2. The number of allylic oxidation sites excluding steroid dienone is 2. The summed E-state index contributed by atoms with van der Waals surface area (Å²) >= 11 is 6.29. The smallest absolute Gasteiger partial charge is 0.347 e. The molecule has 1 aliphatic carbocycles. The molecule has 3 heterocycles. The number of ether oxygens (including phenoxy) is 1. The van der Waals surface area contributed by atoms with Gasteiger partial charge < -0.3 is 9.84 Å². The number of amides is 2. The molecule has 3 aromatic carbocycles. The van der Waals surface area contributed by atoms with Crippen LogP contribution >= 0.6 is 11.6 Å². The third-order valence-electron chi connectivity index (χ3n) is 9.35. The van der Waals surface area contributed by atoms with Crippen LogP contribution < -0.4 is 21.5 Å². The van der Waals surface area contributed by atoms with Crippen LogP contribution in [0, 0.1) is 11.7 Å². The molecule has 236 valence electrons. The van der Waals surface area contributed by atoms with E-state index >= 15 is 4.79 Å². The highest BCUT2D eigenvalue weighted by atomic mass is 35.5. The van der Waals surface area contributed by atoms with Crippen molar-refractivity contribution < 1.29 is 23.8 Å². The van der Waals surface area contributed by atoms with Gasteiger partial charge in [-0.15, -0.1) is 0 Å². The van der Waals surface area contributed by atoms with E-state index in [0.29, 0.717) is 27.4 Å². The number of imide groups is 1. The number of anilines is 1. The number of hydrogen-bond acceptors (Lipinski definition) is 7. The van der Waals surface area contributed by atoms with Gasteiger partial charge in [0.25, 0.3) is 11.8 Å². The van der Waals surface area contributed by atoms with Gasteiger partial charge in [-0.25, -0.2) is 27.9 Å². The minimum absolute atomic E-state index is 0.00754. The van der Waals surface area contributed by atoms with Gasteiger partial charge in [-0.3, -0.25) is 15.0 Å². The van der Waals surface area contributed by atoms with Gasteiger partial charge in [-0.2, -0.15) is 5.01 Å². The molecule has 1 saturated heterocycles. The Bertz CT molecular complexity index is 2050. The number of hydrogen-bond donors (Lipinski definition) is 2. The number of aromatic hydroxyl groups is 1. The van der Waals surface area contributed by atoms with Crippen molar-refractivity contribution in [2.75, 3.05) is 12.0 Å². The number of phenolic OH excluding ortho intramolecular Hbond substituents is 1. The zero-order valence-electron chi connectivity index (χ0n) is 24.8. The number of rotatable bonds is 6. The van der Waals surface area contributed by atoms with Gasteiger partial charge in [-0.05, 0) is 66.9 Å². The van der Waals surface area contributed by atoms with Crippen molar-refractivity contribution in [2.45, 2.75) is 37.3 Å². The Balaban J connectivity index is 1.52. The second kappa shape index (κ2) is 10.8. The molecule has 0 unspecified atom stereocenters. The highest BCUT2D eigenvalue weighted by Gasteiger charge is 2.69. The summed E-state index contributed by atoms with van der Waals surface area (Å²) in [6.07, 6.45) is 1.79. The van der Waals surface area contributed by atoms with E-state index in [0.717, 1.165) is 9.58 Å². The predicted octanol–water partition coefficient (Wildman–Crippen LogP) is 3.86. The molecule has 1 aromatic heterocycles. The molecule has 2 amide bonds. The molecule has 3 aliphatic rings. The lowest BCUT2D eigenvalue weighted by molar-refractivity contribution is -0.138. The Morgan fingerprint density at radius 3 is 2.43 bits per heavy atom. The minimum atomic E-state index is -1.64. The van der Waals surface area contributed by atoms with E-state index in [1.165, 1.54) is 40.7 Å². The number of carbonyl (C=O) groups is 2. The highest BCUT2D eigenvalue weighted by Crippen LogP contribution is 2.63. The average molecular weight is 646 g/mol. The number of benzene rings is 3. The molecule has 2 N–H and O–H groups in total. The van der Waals surface area contributed by atoms with Gasteiger partial charge in [0.05, 0.1) is 36.2 Å². The van der Waals surface area contributed by atoms with Gasteiger partial charge in [0.2, 0.25) is 0 Å². The second-order valence-corrected chi connectivity index (χ2v) is 12.0. The molecule has 0 radical (unpaired) electrons. The van der Waals surface area contributed by atoms with Crippen molar-refractivity contribution in [2.24, 2.45) is 13.0 Å². The zero-order chi connectivity index (χ0) is 32.5. The predicted molar refractivity (Wildman–Crippen MR) is 166 cm³/mol. The summed E-state index contributed by atoms with van der Waals surface area (Å²) in [4.78, 5) is 56.1. The first-order chi connectivity index (χ1) is 22.1. The standard InChI is InChI=1S/C33H29ClFN5O6/c1-3-46-26-6-4-5-23(28(26)41)27-22-15-16-38-31(44)37(2)32(45)40(38)25(22)17-24-29(42)39(36-21-13-11-20(35)12-14-21)30(43)33(24,27)18-7-9-19(34)10-8-18/h4-15,24-25,27,36,41H,3,16-17H2,1-2H3/t24-,25+,27+,33+/m0/s1. The summed E-state index contributed by atoms with van der Waals surface area (Å²) in [7, 11) is 1.39. The summed E-state index contributed by atoms with van der Waals surface area (Å²) in [6.45, 7) is 2.07. The molecule has 11 nitrogen and oxygen atoms in total. The Morgan fingerprint density at radius 1 is 1.02 bits per heavy atom. The lowest BCUT2D eigenvalue weighted by atomic mass is 9.53. The van der Waals surface area contributed by atoms with E-state index in [9.17, 15) is 23.9 Å². The number of hydrazine groups is 1. The third-order valence-corrected chi connectivity index (χ3v) is 9.60. The topological polar surface area (TPSA) is 128 Å². The monoisotopic (exact) mass is 645 g/mol. The Hall–Kier alpha value is -5.10. The molecule has 0 spiro atoms. The van der Waals surface area contributed by atoms with Gasteiger partial charge in [-0.1, -0.05) is 41.9 Å². The summed E-state index contributed by atoms with van der Waals surface area (Å²) in [5.74, 6) is -3.78. The number of nitrogens with one attached hydrogen (secondary N) is 1. The fraction of sp³-hybridized carbons (Fsp3) is 0.273. The number of aromatic nitrogens is 3. The molecule has 2 aliphatic heterocycles. The van der Waals surface area contributed by atoms with E-state index in [-0.39, 0.29) is 31.1 Å². The zero-order valence-corrected chi connectivity index (χ0v) is 25.6. The molecule has 13 heteroatoms. The van der Waals surface area contributed by atoms with Gasteiger partial charge >= 0.3 is 11.4 Å². The summed E-state index contributed by atoms with van der Waals surface area (Å²) in [6, 6.07) is 16.0. The van der Waals surface area contributed by atoms with E-state index in [1.54, 1.807) is 55.5 Å². The Labute approximate surface area is 266 Å². The number of para-hydroxylation sites is 1. The van der Waals surface area contributed by atoms with Crippen LogP contribution in [0.25, 0.3) is 0 Å². The van der Waals surface area contributed by atoms with Crippen LogP contribution in [0.3, 0.4) is 0 Å². The number of fused-ring (bicyclic) bond motifs is 4. The largest absolute Gasteiger partial charge is 0.504 e. The van der Waals surface area contributed by atoms with Crippen LogP contribution in [0.5, 0.6) is 11.5 Å². The number of phenols is 1. The van der Waals surface area contributed by atoms with Crippen LogP contribution in [0.15, 0.2) is 88.0 Å².